The van der Waals surface area contributed by atoms with Crippen molar-refractivity contribution in [2.24, 2.45) is 0 Å². The normalized spacial score (nSPS) is 11.6. The molecule has 0 saturated carbocycles. The fourth-order valence-corrected chi connectivity index (χ4v) is 7.83. The second kappa shape index (κ2) is 10.0. The predicted octanol–water partition coefficient (Wildman–Crippen LogP) is 12.0. The number of aromatic nitrogens is 1. The zero-order valence-corrected chi connectivity index (χ0v) is 24.6. The molecule has 0 aliphatic carbocycles. The number of fused-ring (bicyclic) bond motifs is 8. The van der Waals surface area contributed by atoms with Gasteiger partial charge < -0.3 is 4.90 Å². The van der Waals surface area contributed by atoms with Crippen LogP contribution in [0.15, 0.2) is 158 Å². The molecule has 0 aliphatic rings. The number of para-hydroxylation sites is 1. The quantitative estimate of drug-likeness (QED) is 0.193. The molecule has 2 heterocycles. The minimum absolute atomic E-state index is 1.13. The number of nitrogens with zero attached hydrogens (tertiary/aromatic N) is 2. The Morgan fingerprint density at radius 3 is 2.05 bits per heavy atom. The summed E-state index contributed by atoms with van der Waals surface area (Å²) in [7, 11) is 0. The number of thiophene rings is 1. The van der Waals surface area contributed by atoms with Gasteiger partial charge >= 0.3 is 0 Å². The van der Waals surface area contributed by atoms with E-state index in [2.05, 4.69) is 155 Å². The van der Waals surface area contributed by atoms with Crippen LogP contribution in [0.2, 0.25) is 0 Å². The Balaban J connectivity index is 1.19. The first-order chi connectivity index (χ1) is 21.8. The molecular formula is C41H26N2S. The molecule has 0 bridgehead atoms. The van der Waals surface area contributed by atoms with Gasteiger partial charge in [0.15, 0.2) is 0 Å². The summed E-state index contributed by atoms with van der Waals surface area (Å²) >= 11 is 1.85. The molecule has 7 aromatic carbocycles. The standard InChI is InChI=1S/C41H26N2S/c1-2-9-30(10-3-1)43(32-19-20-37-40(25-32)44-39-21-16-29-26-42-23-22-34(29)41(37)39)31-17-14-27(15-18-31)38-24-28-8-4-5-11-33(28)35-12-6-7-13-36(35)38/h1-26H. The Kier molecular flexibility index (Phi) is 5.71. The van der Waals surface area contributed by atoms with Crippen LogP contribution in [0.4, 0.5) is 17.1 Å². The average molecular weight is 579 g/mol. The summed E-state index contributed by atoms with van der Waals surface area (Å²) in [5, 5.41) is 10.2. The molecule has 0 amide bonds. The number of hydrogen-bond acceptors (Lipinski definition) is 3. The Morgan fingerprint density at radius 2 is 1.18 bits per heavy atom. The first-order valence-corrected chi connectivity index (χ1v) is 15.7. The lowest BCUT2D eigenvalue weighted by Gasteiger charge is -2.26. The summed E-state index contributed by atoms with van der Waals surface area (Å²) in [5.74, 6) is 0. The second-order valence-electron chi connectivity index (χ2n) is 11.2. The van der Waals surface area contributed by atoms with E-state index in [1.165, 1.54) is 63.6 Å². The van der Waals surface area contributed by atoms with Gasteiger partial charge in [0, 0.05) is 55.0 Å². The van der Waals surface area contributed by atoms with Crippen molar-refractivity contribution in [3.63, 3.8) is 0 Å². The van der Waals surface area contributed by atoms with Crippen LogP contribution in [0.5, 0.6) is 0 Å². The topological polar surface area (TPSA) is 16.1 Å². The van der Waals surface area contributed by atoms with Crippen LogP contribution in [-0.2, 0) is 0 Å². The van der Waals surface area contributed by atoms with Crippen molar-refractivity contribution in [2.75, 3.05) is 4.90 Å². The molecule has 0 N–H and O–H groups in total. The largest absolute Gasteiger partial charge is 0.310 e. The van der Waals surface area contributed by atoms with Gasteiger partial charge in [0.2, 0.25) is 0 Å². The van der Waals surface area contributed by atoms with Gasteiger partial charge in [-0.15, -0.1) is 11.3 Å². The molecule has 2 aromatic heterocycles. The van der Waals surface area contributed by atoms with Gasteiger partial charge in [0.1, 0.15) is 0 Å². The van der Waals surface area contributed by atoms with Crippen LogP contribution < -0.4 is 4.90 Å². The van der Waals surface area contributed by atoms with Crippen molar-refractivity contribution >= 4 is 80.9 Å². The molecule has 0 aliphatic heterocycles. The maximum Gasteiger partial charge on any atom is 0.0476 e. The van der Waals surface area contributed by atoms with Crippen LogP contribution >= 0.6 is 11.3 Å². The Morgan fingerprint density at radius 1 is 0.455 bits per heavy atom. The molecular weight excluding hydrogens is 553 g/mol. The van der Waals surface area contributed by atoms with Gasteiger partial charge in [-0.3, -0.25) is 4.98 Å². The van der Waals surface area contributed by atoms with Gasteiger partial charge in [-0.2, -0.15) is 0 Å². The van der Waals surface area contributed by atoms with Gasteiger partial charge in [-0.1, -0.05) is 91.0 Å². The molecule has 0 saturated heterocycles. The van der Waals surface area contributed by atoms with Gasteiger partial charge in [-0.25, -0.2) is 0 Å². The highest BCUT2D eigenvalue weighted by Crippen LogP contribution is 2.43. The van der Waals surface area contributed by atoms with Gasteiger partial charge in [0.05, 0.1) is 0 Å². The number of pyridine rings is 1. The fourth-order valence-electron chi connectivity index (χ4n) is 6.68. The van der Waals surface area contributed by atoms with E-state index in [9.17, 15) is 0 Å². The van der Waals surface area contributed by atoms with Gasteiger partial charge in [0.25, 0.3) is 0 Å². The number of benzene rings is 7. The molecule has 0 atom stereocenters. The number of rotatable bonds is 4. The number of anilines is 3. The van der Waals surface area contributed by atoms with E-state index >= 15 is 0 Å². The van der Waals surface area contributed by atoms with Crippen molar-refractivity contribution < 1.29 is 0 Å². The summed E-state index contributed by atoms with van der Waals surface area (Å²) in [6.07, 6.45) is 3.84. The highest BCUT2D eigenvalue weighted by molar-refractivity contribution is 7.26. The third-order valence-corrected chi connectivity index (χ3v) is 9.83. The van der Waals surface area contributed by atoms with E-state index < -0.39 is 0 Å². The Hall–Kier alpha value is -5.51. The highest BCUT2D eigenvalue weighted by atomic mass is 32.1. The third kappa shape index (κ3) is 3.98. The van der Waals surface area contributed by atoms with Crippen LogP contribution in [0.1, 0.15) is 0 Å². The molecule has 9 aromatic rings. The minimum Gasteiger partial charge on any atom is -0.310 e. The lowest BCUT2D eigenvalue weighted by molar-refractivity contribution is 1.29. The lowest BCUT2D eigenvalue weighted by atomic mass is 9.93. The van der Waals surface area contributed by atoms with E-state index in [1.54, 1.807) is 0 Å². The first kappa shape index (κ1) is 25.0. The van der Waals surface area contributed by atoms with Crippen molar-refractivity contribution in [3.8, 4) is 11.1 Å². The summed E-state index contributed by atoms with van der Waals surface area (Å²) in [6, 6.07) is 52.8. The average Bonchev–Trinajstić information content (AvgIpc) is 3.47. The van der Waals surface area contributed by atoms with Crippen LogP contribution in [-0.4, -0.2) is 4.98 Å². The van der Waals surface area contributed by atoms with Crippen LogP contribution in [0.25, 0.3) is 63.6 Å². The lowest BCUT2D eigenvalue weighted by Crippen LogP contribution is -2.09. The maximum atomic E-state index is 4.34. The Labute approximate surface area is 259 Å². The van der Waals surface area contributed by atoms with E-state index in [-0.39, 0.29) is 0 Å². The number of hydrogen-bond donors (Lipinski definition) is 0. The molecule has 0 spiro atoms. The molecule has 44 heavy (non-hydrogen) atoms. The van der Waals surface area contributed by atoms with E-state index in [0.29, 0.717) is 0 Å². The molecule has 2 nitrogen and oxygen atoms in total. The third-order valence-electron chi connectivity index (χ3n) is 8.71. The molecule has 0 unspecified atom stereocenters. The van der Waals surface area contributed by atoms with Crippen molar-refractivity contribution in [1.29, 1.82) is 0 Å². The molecule has 206 valence electrons. The maximum absolute atomic E-state index is 4.34. The molecule has 3 heteroatoms. The van der Waals surface area contributed by atoms with Crippen molar-refractivity contribution in [3.05, 3.63) is 158 Å². The van der Waals surface area contributed by atoms with E-state index in [1.807, 2.05) is 23.7 Å². The molecule has 9 rings (SSSR count). The van der Waals surface area contributed by atoms with Crippen LogP contribution in [0.3, 0.4) is 0 Å². The predicted molar refractivity (Wildman–Crippen MR) is 190 cm³/mol. The fraction of sp³-hybridized carbons (Fsp3) is 0. The SMILES string of the molecule is c1ccc(N(c2ccc(-c3cc4ccccc4c4ccccc34)cc2)c2ccc3c(c2)sc2ccc4cnccc4c23)cc1. The van der Waals surface area contributed by atoms with Gasteiger partial charge in [-0.05, 0) is 92.7 Å². The molecule has 0 fully saturated rings. The smallest absolute Gasteiger partial charge is 0.0476 e. The minimum atomic E-state index is 1.13. The zero-order chi connectivity index (χ0) is 29.0. The Bertz CT molecular complexity index is 2490. The zero-order valence-electron chi connectivity index (χ0n) is 23.8. The monoisotopic (exact) mass is 578 g/mol. The summed E-state index contributed by atoms with van der Waals surface area (Å²) in [5.41, 5.74) is 5.87. The molecule has 0 radical (unpaired) electrons. The summed E-state index contributed by atoms with van der Waals surface area (Å²) in [6.45, 7) is 0. The summed E-state index contributed by atoms with van der Waals surface area (Å²) in [4.78, 5) is 6.69. The highest BCUT2D eigenvalue weighted by Gasteiger charge is 2.16. The van der Waals surface area contributed by atoms with E-state index in [0.717, 1.165) is 17.1 Å². The first-order valence-electron chi connectivity index (χ1n) is 14.9. The second-order valence-corrected chi connectivity index (χ2v) is 12.3. The van der Waals surface area contributed by atoms with Crippen molar-refractivity contribution in [2.45, 2.75) is 0 Å². The van der Waals surface area contributed by atoms with Crippen molar-refractivity contribution in [1.82, 2.24) is 4.98 Å². The summed E-state index contributed by atoms with van der Waals surface area (Å²) < 4.78 is 2.58. The van der Waals surface area contributed by atoms with Crippen LogP contribution in [0, 0.1) is 0 Å². The van der Waals surface area contributed by atoms with E-state index in [4.69, 9.17) is 0 Å².